The zero-order valence-electron chi connectivity index (χ0n) is 6.16. The minimum absolute atomic E-state index is 0.162. The number of nitriles is 1. The number of hydrogen-bond acceptors (Lipinski definition) is 3. The summed E-state index contributed by atoms with van der Waals surface area (Å²) in [5, 5.41) is 8.74. The van der Waals surface area contributed by atoms with Gasteiger partial charge in [0.2, 0.25) is 0 Å². The lowest BCUT2D eigenvalue weighted by Gasteiger charge is -2.38. The number of ether oxygens (including phenoxy) is 1. The summed E-state index contributed by atoms with van der Waals surface area (Å²) in [5.74, 6) is -0.369. The quantitative estimate of drug-likeness (QED) is 0.289. The Bertz CT molecular complexity index is 307. The van der Waals surface area contributed by atoms with Crippen molar-refractivity contribution in [1.82, 2.24) is 0 Å². The van der Waals surface area contributed by atoms with Crippen LogP contribution in [0.5, 0.6) is 0 Å². The van der Waals surface area contributed by atoms with Crippen LogP contribution in [0.4, 0.5) is 0 Å². The van der Waals surface area contributed by atoms with Gasteiger partial charge in [0.05, 0.1) is 12.0 Å². The molecule has 0 saturated carbocycles. The average molecular weight is 275 g/mol. The van der Waals surface area contributed by atoms with E-state index in [0.717, 1.165) is 0 Å². The van der Waals surface area contributed by atoms with E-state index >= 15 is 0 Å². The van der Waals surface area contributed by atoms with Crippen molar-refractivity contribution in [2.75, 3.05) is 0 Å². The Morgan fingerprint density at radius 2 is 2.58 bits per heavy atom. The molecule has 3 nitrogen and oxygen atoms in total. The summed E-state index contributed by atoms with van der Waals surface area (Å²) >= 11 is 2.04. The van der Waals surface area contributed by atoms with E-state index in [9.17, 15) is 4.79 Å². The minimum atomic E-state index is -0.576. The number of hydrogen-bond donors (Lipinski definition) is 0. The molecule has 62 valence electrons. The summed E-state index contributed by atoms with van der Waals surface area (Å²) in [4.78, 5) is 11.2. The summed E-state index contributed by atoms with van der Waals surface area (Å²) in [6.45, 7) is 0. The van der Waals surface area contributed by atoms with Crippen LogP contribution in [0.25, 0.3) is 0 Å². The average Bonchev–Trinajstić information content (AvgIpc) is 2.07. The fourth-order valence-corrected chi connectivity index (χ4v) is 2.31. The van der Waals surface area contributed by atoms with Crippen molar-refractivity contribution in [2.24, 2.45) is 5.92 Å². The second-order valence-electron chi connectivity index (χ2n) is 3.03. The lowest BCUT2D eigenvalue weighted by molar-refractivity contribution is -0.156. The largest absolute Gasteiger partial charge is 0.455 e. The van der Waals surface area contributed by atoms with Gasteiger partial charge >= 0.3 is 5.97 Å². The molecule has 1 fully saturated rings. The minimum Gasteiger partial charge on any atom is -0.455 e. The first-order valence-electron chi connectivity index (χ1n) is 3.65. The van der Waals surface area contributed by atoms with Crippen LogP contribution in [0.3, 0.4) is 0 Å². The molecule has 0 unspecified atom stereocenters. The Kier molecular flexibility index (Phi) is 1.65. The molecule has 0 aromatic rings. The highest BCUT2D eigenvalue weighted by atomic mass is 127. The molecule has 2 bridgehead atoms. The highest BCUT2D eigenvalue weighted by molar-refractivity contribution is 14.1. The van der Waals surface area contributed by atoms with Crippen LogP contribution in [0, 0.1) is 17.2 Å². The van der Waals surface area contributed by atoms with E-state index in [2.05, 4.69) is 6.07 Å². The maximum atomic E-state index is 11.2. The molecule has 4 heteroatoms. The smallest absolute Gasteiger partial charge is 0.326 e. The van der Waals surface area contributed by atoms with E-state index < -0.39 is 3.42 Å². The predicted octanol–water partition coefficient (Wildman–Crippen LogP) is 1.19. The highest BCUT2D eigenvalue weighted by Crippen LogP contribution is 2.41. The summed E-state index contributed by atoms with van der Waals surface area (Å²) in [5.41, 5.74) is 0. The molecule has 0 radical (unpaired) electrons. The SMILES string of the molecule is N#C[C@@H]1C[C@]2(I)C=C[C@H]1OC2=O. The summed E-state index contributed by atoms with van der Waals surface area (Å²) < 4.78 is 4.46. The third-order valence-electron chi connectivity index (χ3n) is 2.21. The first-order chi connectivity index (χ1) is 5.65. The predicted molar refractivity (Wildman–Crippen MR) is 49.5 cm³/mol. The lowest BCUT2D eigenvalue weighted by atomic mass is 9.82. The molecule has 1 saturated heterocycles. The zero-order valence-corrected chi connectivity index (χ0v) is 8.32. The molecule has 0 N–H and O–H groups in total. The van der Waals surface area contributed by atoms with Gasteiger partial charge in [-0.25, -0.2) is 0 Å². The highest BCUT2D eigenvalue weighted by Gasteiger charge is 2.49. The molecule has 3 rings (SSSR count). The number of fused-ring (bicyclic) bond motifs is 2. The molecule has 0 spiro atoms. The monoisotopic (exact) mass is 275 g/mol. The molecule has 3 atom stereocenters. The maximum absolute atomic E-state index is 11.2. The molecular formula is C8H6INO2. The first-order valence-corrected chi connectivity index (χ1v) is 4.72. The van der Waals surface area contributed by atoms with Crippen molar-refractivity contribution in [3.05, 3.63) is 12.2 Å². The Morgan fingerprint density at radius 1 is 1.83 bits per heavy atom. The van der Waals surface area contributed by atoms with Crippen LogP contribution >= 0.6 is 22.6 Å². The van der Waals surface area contributed by atoms with E-state index in [1.807, 2.05) is 34.7 Å². The van der Waals surface area contributed by atoms with E-state index in [1.54, 1.807) is 0 Å². The van der Waals surface area contributed by atoms with Gasteiger partial charge in [-0.2, -0.15) is 5.26 Å². The van der Waals surface area contributed by atoms with Crippen LogP contribution in [0.2, 0.25) is 0 Å². The number of halogens is 1. The third kappa shape index (κ3) is 0.959. The van der Waals surface area contributed by atoms with Crippen LogP contribution < -0.4 is 0 Å². The number of carbonyl (C=O) groups is 1. The van der Waals surface area contributed by atoms with Gasteiger partial charge in [0.25, 0.3) is 0 Å². The number of esters is 1. The second kappa shape index (κ2) is 2.46. The molecule has 2 heterocycles. The Balaban J connectivity index is 2.38. The Hall–Kier alpha value is -0.570. The normalized spacial score (nSPS) is 43.8. The van der Waals surface area contributed by atoms with Crippen molar-refractivity contribution in [3.8, 4) is 6.07 Å². The molecule has 1 aliphatic carbocycles. The number of nitrogens with zero attached hydrogens (tertiary/aromatic N) is 1. The molecular weight excluding hydrogens is 269 g/mol. The van der Waals surface area contributed by atoms with E-state index in [4.69, 9.17) is 10.00 Å². The lowest BCUT2D eigenvalue weighted by Crippen LogP contribution is -2.48. The van der Waals surface area contributed by atoms with Crippen molar-refractivity contribution in [3.63, 3.8) is 0 Å². The molecule has 0 aromatic heterocycles. The van der Waals surface area contributed by atoms with Crippen LogP contribution in [-0.2, 0) is 9.53 Å². The zero-order chi connectivity index (χ0) is 8.77. The maximum Gasteiger partial charge on any atom is 0.326 e. The topological polar surface area (TPSA) is 50.1 Å². The summed E-state index contributed by atoms with van der Waals surface area (Å²) in [6.07, 6.45) is 3.94. The van der Waals surface area contributed by atoms with Crippen LogP contribution in [0.15, 0.2) is 12.2 Å². The van der Waals surface area contributed by atoms with Crippen LogP contribution in [0.1, 0.15) is 6.42 Å². The van der Waals surface area contributed by atoms with Gasteiger partial charge in [0, 0.05) is 0 Å². The first kappa shape index (κ1) is 8.05. The van der Waals surface area contributed by atoms with Crippen molar-refractivity contribution >= 4 is 28.6 Å². The van der Waals surface area contributed by atoms with Gasteiger partial charge in [-0.05, 0) is 12.5 Å². The summed E-state index contributed by atoms with van der Waals surface area (Å²) in [7, 11) is 0. The van der Waals surface area contributed by atoms with Gasteiger partial charge in [-0.15, -0.1) is 0 Å². The van der Waals surface area contributed by atoms with Gasteiger partial charge < -0.3 is 4.74 Å². The van der Waals surface area contributed by atoms with Crippen LogP contribution in [-0.4, -0.2) is 15.5 Å². The fourth-order valence-electron chi connectivity index (χ4n) is 1.50. The Morgan fingerprint density at radius 3 is 3.08 bits per heavy atom. The number of alkyl halides is 1. The third-order valence-corrected chi connectivity index (χ3v) is 3.45. The van der Waals surface area contributed by atoms with E-state index in [1.165, 1.54) is 0 Å². The van der Waals surface area contributed by atoms with Gasteiger partial charge in [-0.1, -0.05) is 28.7 Å². The van der Waals surface area contributed by atoms with Gasteiger partial charge in [0.1, 0.15) is 9.53 Å². The second-order valence-corrected chi connectivity index (χ2v) is 4.96. The number of rotatable bonds is 0. The molecule has 0 amide bonds. The number of carbonyl (C=O) groups excluding carboxylic acids is 1. The van der Waals surface area contributed by atoms with E-state index in [0.29, 0.717) is 6.42 Å². The molecule has 0 aromatic carbocycles. The molecule has 12 heavy (non-hydrogen) atoms. The van der Waals surface area contributed by atoms with Crippen molar-refractivity contribution in [1.29, 1.82) is 5.26 Å². The standard InChI is InChI=1S/C8H6INO2/c9-8-2-1-6(12-7(8)11)5(3-8)4-10/h1-2,5-6H,3H2/t5-,6+,8+/m0/s1. The molecule has 2 aliphatic heterocycles. The summed E-state index contributed by atoms with van der Waals surface area (Å²) in [6, 6.07) is 2.15. The Labute approximate surface area is 83.5 Å². The van der Waals surface area contributed by atoms with E-state index in [-0.39, 0.29) is 18.0 Å². The fraction of sp³-hybridized carbons (Fsp3) is 0.500. The van der Waals surface area contributed by atoms with Crippen molar-refractivity contribution in [2.45, 2.75) is 15.9 Å². The van der Waals surface area contributed by atoms with Gasteiger partial charge in [0.15, 0.2) is 0 Å². The van der Waals surface area contributed by atoms with Gasteiger partial charge in [-0.3, -0.25) is 4.79 Å². The molecule has 3 aliphatic rings. The van der Waals surface area contributed by atoms with Crippen molar-refractivity contribution < 1.29 is 9.53 Å².